The van der Waals surface area contributed by atoms with Gasteiger partial charge in [-0.2, -0.15) is 10.2 Å². The monoisotopic (exact) mass is 412 g/mol. The number of ether oxygens (including phenoxy) is 1. The minimum absolute atomic E-state index is 0.150. The van der Waals surface area contributed by atoms with E-state index in [0.717, 1.165) is 34.0 Å². The molecule has 0 aromatic carbocycles. The van der Waals surface area contributed by atoms with Gasteiger partial charge in [0.1, 0.15) is 0 Å². The molecule has 0 spiro atoms. The molecule has 1 atom stereocenters. The van der Waals surface area contributed by atoms with Crippen molar-refractivity contribution < 1.29 is 14.3 Å². The second-order valence-electron chi connectivity index (χ2n) is 7.61. The predicted molar refractivity (Wildman–Crippen MR) is 112 cm³/mol. The van der Waals surface area contributed by atoms with Crippen molar-refractivity contribution in [3.63, 3.8) is 0 Å². The normalized spacial score (nSPS) is 12.2. The molecule has 0 bridgehead atoms. The Morgan fingerprint density at radius 2 is 1.80 bits per heavy atom. The summed E-state index contributed by atoms with van der Waals surface area (Å²) in [4.78, 5) is 29.4. The Balaban J connectivity index is 1.61. The molecule has 0 aliphatic carbocycles. The van der Waals surface area contributed by atoms with Crippen LogP contribution in [0.5, 0.6) is 0 Å². The van der Waals surface area contributed by atoms with Crippen molar-refractivity contribution in [2.75, 3.05) is 5.32 Å². The Morgan fingerprint density at radius 1 is 1.10 bits per heavy atom. The maximum Gasteiger partial charge on any atom is 0.306 e. The predicted octanol–water partition coefficient (Wildman–Crippen LogP) is 2.51. The third kappa shape index (κ3) is 4.19. The second kappa shape index (κ2) is 8.25. The fourth-order valence-electron chi connectivity index (χ4n) is 3.52. The Morgan fingerprint density at radius 3 is 2.43 bits per heavy atom. The highest BCUT2D eigenvalue weighted by Crippen LogP contribution is 2.20. The first-order valence-electron chi connectivity index (χ1n) is 9.91. The van der Waals surface area contributed by atoms with E-state index in [-0.39, 0.29) is 12.3 Å². The molecule has 3 heterocycles. The van der Waals surface area contributed by atoms with Crippen LogP contribution in [-0.2, 0) is 27.8 Å². The molecule has 3 rings (SSSR count). The van der Waals surface area contributed by atoms with Gasteiger partial charge in [0, 0.05) is 30.9 Å². The van der Waals surface area contributed by atoms with Gasteiger partial charge in [0.25, 0.3) is 5.91 Å². The Kier molecular flexibility index (Phi) is 5.91. The summed E-state index contributed by atoms with van der Waals surface area (Å²) in [5.41, 5.74) is 6.65. The van der Waals surface area contributed by atoms with Crippen LogP contribution in [0.4, 0.5) is 5.69 Å². The molecule has 30 heavy (non-hydrogen) atoms. The lowest BCUT2D eigenvalue weighted by atomic mass is 10.1. The van der Waals surface area contributed by atoms with Crippen molar-refractivity contribution in [3.8, 4) is 0 Å². The summed E-state index contributed by atoms with van der Waals surface area (Å²) in [6.07, 6.45) is -0.293. The van der Waals surface area contributed by atoms with E-state index in [4.69, 9.17) is 4.74 Å². The summed E-state index contributed by atoms with van der Waals surface area (Å²) in [5.74, 6) is -0.821. The maximum atomic E-state index is 12.4. The minimum atomic E-state index is -0.909. The molecule has 0 unspecified atom stereocenters. The number of carbonyl (C=O) groups is 2. The number of carbonyl (C=O) groups excluding carboxylic acids is 2. The Bertz CT molecular complexity index is 1130. The number of hydrogen-bond donors (Lipinski definition) is 1. The summed E-state index contributed by atoms with van der Waals surface area (Å²) >= 11 is 0. The van der Waals surface area contributed by atoms with Gasteiger partial charge < -0.3 is 10.1 Å². The molecule has 0 fully saturated rings. The average Bonchev–Trinajstić information content (AvgIpc) is 3.15. The SMILES string of the molecule is Cc1cc2nc(C)c(CCC(=O)O[C@@H](C)C(=O)Nc3c(C)nn(C)c3C)c(C)n2n1. The molecule has 3 aromatic heterocycles. The van der Waals surface area contributed by atoms with E-state index in [0.29, 0.717) is 17.8 Å². The number of aromatic nitrogens is 5. The zero-order chi connectivity index (χ0) is 22.2. The number of esters is 1. The van der Waals surface area contributed by atoms with Gasteiger partial charge in [0.05, 0.1) is 22.8 Å². The van der Waals surface area contributed by atoms with E-state index in [2.05, 4.69) is 20.5 Å². The van der Waals surface area contributed by atoms with Crippen LogP contribution in [0, 0.1) is 34.6 Å². The number of nitrogens with one attached hydrogen (secondary N) is 1. The van der Waals surface area contributed by atoms with E-state index in [1.165, 1.54) is 0 Å². The lowest BCUT2D eigenvalue weighted by Crippen LogP contribution is -2.30. The summed E-state index contributed by atoms with van der Waals surface area (Å²) < 4.78 is 8.82. The van der Waals surface area contributed by atoms with E-state index in [9.17, 15) is 9.59 Å². The number of aryl methyl sites for hydroxylation is 5. The van der Waals surface area contributed by atoms with Crippen LogP contribution in [0.1, 0.15) is 47.4 Å². The first-order chi connectivity index (χ1) is 14.1. The molecule has 1 N–H and O–H groups in total. The molecular formula is C21H28N6O3. The van der Waals surface area contributed by atoms with Crippen LogP contribution in [0.3, 0.4) is 0 Å². The van der Waals surface area contributed by atoms with E-state index < -0.39 is 12.1 Å². The van der Waals surface area contributed by atoms with Crippen molar-refractivity contribution in [1.82, 2.24) is 24.4 Å². The molecule has 0 radical (unpaired) electrons. The summed E-state index contributed by atoms with van der Waals surface area (Å²) in [5, 5.41) is 11.5. The zero-order valence-corrected chi connectivity index (χ0v) is 18.5. The molecule has 9 nitrogen and oxygen atoms in total. The highest BCUT2D eigenvalue weighted by atomic mass is 16.5. The molecule has 9 heteroatoms. The van der Waals surface area contributed by atoms with Gasteiger partial charge in [0.15, 0.2) is 11.8 Å². The molecule has 0 saturated carbocycles. The number of hydrogen-bond acceptors (Lipinski definition) is 6. The third-order valence-electron chi connectivity index (χ3n) is 5.30. The molecule has 160 valence electrons. The standard InChI is InChI=1S/C21H28N6O3/c1-11-10-18-22-12(2)17(14(4)27(18)24-11)8-9-19(28)30-16(6)21(29)23-20-13(3)25-26(7)15(20)5/h10,16H,8-9H2,1-7H3,(H,23,29)/t16-/m0/s1. The average molecular weight is 412 g/mol. The van der Waals surface area contributed by atoms with Crippen LogP contribution in [0.15, 0.2) is 6.07 Å². The number of anilines is 1. The van der Waals surface area contributed by atoms with Crippen LogP contribution >= 0.6 is 0 Å². The van der Waals surface area contributed by atoms with Crippen molar-refractivity contribution in [3.05, 3.63) is 40.1 Å². The van der Waals surface area contributed by atoms with Crippen molar-refractivity contribution >= 4 is 23.2 Å². The number of amides is 1. The number of rotatable bonds is 6. The molecular weight excluding hydrogens is 384 g/mol. The molecule has 0 aliphatic rings. The summed E-state index contributed by atoms with van der Waals surface area (Å²) in [6, 6.07) is 1.92. The fourth-order valence-corrected chi connectivity index (χ4v) is 3.52. The van der Waals surface area contributed by atoms with Crippen molar-refractivity contribution in [2.24, 2.45) is 7.05 Å². The van der Waals surface area contributed by atoms with Gasteiger partial charge in [0.2, 0.25) is 0 Å². The van der Waals surface area contributed by atoms with Crippen molar-refractivity contribution in [1.29, 1.82) is 0 Å². The first kappa shape index (κ1) is 21.5. The third-order valence-corrected chi connectivity index (χ3v) is 5.30. The zero-order valence-electron chi connectivity index (χ0n) is 18.5. The maximum absolute atomic E-state index is 12.4. The first-order valence-corrected chi connectivity index (χ1v) is 9.91. The second-order valence-corrected chi connectivity index (χ2v) is 7.61. The van der Waals surface area contributed by atoms with E-state index in [1.54, 1.807) is 16.1 Å². The van der Waals surface area contributed by atoms with Crippen LogP contribution < -0.4 is 5.32 Å². The molecule has 1 amide bonds. The fraction of sp³-hybridized carbons (Fsp3) is 0.476. The van der Waals surface area contributed by atoms with E-state index >= 15 is 0 Å². The van der Waals surface area contributed by atoms with E-state index in [1.807, 2.05) is 47.7 Å². The van der Waals surface area contributed by atoms with Gasteiger partial charge in [-0.3, -0.25) is 14.3 Å². The summed E-state index contributed by atoms with van der Waals surface area (Å²) in [7, 11) is 1.81. The van der Waals surface area contributed by atoms with Crippen LogP contribution in [0.2, 0.25) is 0 Å². The highest BCUT2D eigenvalue weighted by Gasteiger charge is 2.21. The molecule has 3 aromatic rings. The quantitative estimate of drug-likeness (QED) is 0.624. The number of nitrogens with zero attached hydrogens (tertiary/aromatic N) is 5. The molecule has 0 saturated heterocycles. The largest absolute Gasteiger partial charge is 0.453 e. The smallest absolute Gasteiger partial charge is 0.306 e. The molecule has 0 aliphatic heterocycles. The van der Waals surface area contributed by atoms with Gasteiger partial charge >= 0.3 is 5.97 Å². The summed E-state index contributed by atoms with van der Waals surface area (Å²) in [6.45, 7) is 11.0. The van der Waals surface area contributed by atoms with Gasteiger partial charge in [-0.25, -0.2) is 9.50 Å². The van der Waals surface area contributed by atoms with Gasteiger partial charge in [-0.05, 0) is 53.5 Å². The van der Waals surface area contributed by atoms with Gasteiger partial charge in [-0.1, -0.05) is 0 Å². The van der Waals surface area contributed by atoms with Crippen molar-refractivity contribution in [2.45, 2.75) is 60.5 Å². The lowest BCUT2D eigenvalue weighted by Gasteiger charge is -2.15. The van der Waals surface area contributed by atoms with Crippen LogP contribution in [0.25, 0.3) is 5.65 Å². The van der Waals surface area contributed by atoms with Crippen LogP contribution in [-0.4, -0.2) is 42.4 Å². The lowest BCUT2D eigenvalue weighted by molar-refractivity contribution is -0.153. The topological polar surface area (TPSA) is 103 Å². The Labute approximate surface area is 175 Å². The Hall–Kier alpha value is -3.23. The number of fused-ring (bicyclic) bond motifs is 1. The minimum Gasteiger partial charge on any atom is -0.453 e. The van der Waals surface area contributed by atoms with Gasteiger partial charge in [-0.15, -0.1) is 0 Å². The highest BCUT2D eigenvalue weighted by molar-refractivity contribution is 5.96.